The number of carbonyl (C=O) groups is 1. The molecule has 0 saturated carbocycles. The lowest BCUT2D eigenvalue weighted by Gasteiger charge is -2.14. The van der Waals surface area contributed by atoms with Crippen LogP contribution in [-0.2, 0) is 6.61 Å². The first-order valence-corrected chi connectivity index (χ1v) is 10.3. The summed E-state index contributed by atoms with van der Waals surface area (Å²) in [5.74, 6) is 0.867. The first-order valence-electron chi connectivity index (χ1n) is 9.18. The van der Waals surface area contributed by atoms with E-state index in [9.17, 15) is 4.79 Å². The molecule has 1 N–H and O–H groups in total. The van der Waals surface area contributed by atoms with Crippen molar-refractivity contribution in [3.05, 3.63) is 86.8 Å². The van der Waals surface area contributed by atoms with Crippen LogP contribution < -0.4 is 14.8 Å². The molecule has 0 aliphatic carbocycles. The molecular formula is C23H21BrClNO3. The van der Waals surface area contributed by atoms with Crippen LogP contribution >= 0.6 is 27.5 Å². The summed E-state index contributed by atoms with van der Waals surface area (Å²) in [5, 5.41) is 3.36. The van der Waals surface area contributed by atoms with Gasteiger partial charge in [0.25, 0.3) is 5.91 Å². The van der Waals surface area contributed by atoms with Crippen LogP contribution in [0.25, 0.3) is 0 Å². The van der Waals surface area contributed by atoms with Crippen LogP contribution in [0, 0.1) is 6.92 Å². The smallest absolute Gasteiger partial charge is 0.255 e. The summed E-state index contributed by atoms with van der Waals surface area (Å²) in [6.07, 6.45) is 0. The maximum absolute atomic E-state index is 12.6. The van der Waals surface area contributed by atoms with Crippen molar-refractivity contribution in [1.29, 1.82) is 0 Å². The summed E-state index contributed by atoms with van der Waals surface area (Å²) in [6.45, 7) is 4.82. The third kappa shape index (κ3) is 5.75. The van der Waals surface area contributed by atoms with Crippen LogP contribution in [0.5, 0.6) is 11.5 Å². The molecule has 0 radical (unpaired) electrons. The van der Waals surface area contributed by atoms with Gasteiger partial charge < -0.3 is 14.8 Å². The van der Waals surface area contributed by atoms with Crippen molar-refractivity contribution in [3.63, 3.8) is 0 Å². The Morgan fingerprint density at radius 3 is 2.45 bits per heavy atom. The van der Waals surface area contributed by atoms with Gasteiger partial charge in [-0.15, -0.1) is 0 Å². The van der Waals surface area contributed by atoms with E-state index in [1.165, 1.54) is 5.56 Å². The van der Waals surface area contributed by atoms with Gasteiger partial charge in [-0.05, 0) is 71.7 Å². The Balaban J connectivity index is 1.74. The van der Waals surface area contributed by atoms with Crippen LogP contribution in [-0.4, -0.2) is 12.5 Å². The highest BCUT2D eigenvalue weighted by molar-refractivity contribution is 9.10. The van der Waals surface area contributed by atoms with Crippen molar-refractivity contribution in [2.75, 3.05) is 11.9 Å². The Kier molecular flexibility index (Phi) is 7.18. The summed E-state index contributed by atoms with van der Waals surface area (Å²) < 4.78 is 12.4. The number of halogens is 2. The van der Waals surface area contributed by atoms with Crippen molar-refractivity contribution < 1.29 is 14.3 Å². The molecule has 6 heteroatoms. The molecule has 0 fully saturated rings. The van der Waals surface area contributed by atoms with E-state index in [2.05, 4.69) is 21.2 Å². The molecule has 3 aromatic rings. The number of benzene rings is 3. The zero-order valence-electron chi connectivity index (χ0n) is 16.2. The lowest BCUT2D eigenvalue weighted by Crippen LogP contribution is -2.12. The van der Waals surface area contributed by atoms with E-state index in [4.69, 9.17) is 21.1 Å². The second-order valence-electron chi connectivity index (χ2n) is 6.45. The Bertz CT molecular complexity index is 1010. The second kappa shape index (κ2) is 9.81. The lowest BCUT2D eigenvalue weighted by molar-refractivity contribution is 0.102. The van der Waals surface area contributed by atoms with Crippen molar-refractivity contribution in [2.24, 2.45) is 0 Å². The average molecular weight is 475 g/mol. The number of aryl methyl sites for hydroxylation is 1. The summed E-state index contributed by atoms with van der Waals surface area (Å²) in [4.78, 5) is 12.6. The van der Waals surface area contributed by atoms with Gasteiger partial charge in [-0.25, -0.2) is 0 Å². The van der Waals surface area contributed by atoms with Gasteiger partial charge in [-0.1, -0.05) is 41.4 Å². The highest BCUT2D eigenvalue weighted by Crippen LogP contribution is 2.30. The fourth-order valence-corrected chi connectivity index (χ4v) is 3.09. The van der Waals surface area contributed by atoms with Crippen LogP contribution in [0.3, 0.4) is 0 Å². The van der Waals surface area contributed by atoms with Crippen molar-refractivity contribution in [1.82, 2.24) is 0 Å². The number of carbonyl (C=O) groups excluding carboxylic acids is 1. The summed E-state index contributed by atoms with van der Waals surface area (Å²) in [6, 6.07) is 18.5. The number of anilines is 1. The van der Waals surface area contributed by atoms with E-state index in [0.717, 1.165) is 10.0 Å². The van der Waals surface area contributed by atoms with Gasteiger partial charge in [0, 0.05) is 15.7 Å². The first kappa shape index (κ1) is 21.2. The Morgan fingerprint density at radius 2 is 1.76 bits per heavy atom. The molecule has 1 amide bonds. The Morgan fingerprint density at radius 1 is 1.00 bits per heavy atom. The van der Waals surface area contributed by atoms with Crippen molar-refractivity contribution in [3.8, 4) is 11.5 Å². The highest BCUT2D eigenvalue weighted by atomic mass is 79.9. The fourth-order valence-electron chi connectivity index (χ4n) is 2.66. The number of nitrogens with one attached hydrogen (secondary N) is 1. The summed E-state index contributed by atoms with van der Waals surface area (Å²) in [5.41, 5.74) is 3.34. The number of hydrogen-bond donors (Lipinski definition) is 1. The number of amides is 1. The number of ether oxygens (including phenoxy) is 2. The van der Waals surface area contributed by atoms with Crippen molar-refractivity contribution in [2.45, 2.75) is 20.5 Å². The normalized spacial score (nSPS) is 10.5. The topological polar surface area (TPSA) is 47.6 Å². The molecule has 0 saturated heterocycles. The third-order valence-electron chi connectivity index (χ3n) is 4.20. The zero-order valence-corrected chi connectivity index (χ0v) is 18.5. The van der Waals surface area contributed by atoms with Gasteiger partial charge in [0.2, 0.25) is 0 Å². The van der Waals surface area contributed by atoms with E-state index in [-0.39, 0.29) is 5.91 Å². The van der Waals surface area contributed by atoms with Crippen LogP contribution in [0.1, 0.15) is 28.4 Å². The fraction of sp³-hybridized carbons (Fsp3) is 0.174. The minimum Gasteiger partial charge on any atom is -0.490 e. The van der Waals surface area contributed by atoms with E-state index in [1.807, 2.05) is 38.1 Å². The summed E-state index contributed by atoms with van der Waals surface area (Å²) >= 11 is 9.42. The SMILES string of the molecule is CCOc1cc(C(=O)Nc2ccc(Br)c(Cl)c2)ccc1OCc1ccc(C)cc1. The Labute approximate surface area is 183 Å². The van der Waals surface area contributed by atoms with Gasteiger partial charge in [0.15, 0.2) is 11.5 Å². The van der Waals surface area contributed by atoms with Gasteiger partial charge in [0.1, 0.15) is 6.61 Å². The maximum Gasteiger partial charge on any atom is 0.255 e. The molecule has 0 bridgehead atoms. The molecule has 3 aromatic carbocycles. The van der Waals surface area contributed by atoms with E-state index >= 15 is 0 Å². The molecule has 4 nitrogen and oxygen atoms in total. The van der Waals surface area contributed by atoms with Gasteiger partial charge in [-0.2, -0.15) is 0 Å². The second-order valence-corrected chi connectivity index (χ2v) is 7.71. The molecule has 0 unspecified atom stereocenters. The molecule has 0 heterocycles. The van der Waals surface area contributed by atoms with E-state index < -0.39 is 0 Å². The van der Waals surface area contributed by atoms with Crippen LogP contribution in [0.2, 0.25) is 5.02 Å². The maximum atomic E-state index is 12.6. The first-order chi connectivity index (χ1) is 14.0. The van der Waals surface area contributed by atoms with Crippen LogP contribution in [0.15, 0.2) is 65.1 Å². The molecule has 0 aromatic heterocycles. The molecule has 0 aliphatic rings. The van der Waals surface area contributed by atoms with Crippen LogP contribution in [0.4, 0.5) is 5.69 Å². The molecule has 0 spiro atoms. The molecule has 0 atom stereocenters. The summed E-state index contributed by atoms with van der Waals surface area (Å²) in [7, 11) is 0. The highest BCUT2D eigenvalue weighted by Gasteiger charge is 2.13. The third-order valence-corrected chi connectivity index (χ3v) is 5.43. The van der Waals surface area contributed by atoms with Crippen molar-refractivity contribution >= 4 is 39.1 Å². The predicted molar refractivity (Wildman–Crippen MR) is 120 cm³/mol. The standard InChI is InChI=1S/C23H21BrClNO3/c1-3-28-22-12-17(23(27)26-18-9-10-19(24)20(25)13-18)8-11-21(22)29-14-16-6-4-15(2)5-7-16/h4-13H,3,14H2,1-2H3,(H,26,27). The van der Waals surface area contributed by atoms with E-state index in [1.54, 1.807) is 36.4 Å². The monoisotopic (exact) mass is 473 g/mol. The lowest BCUT2D eigenvalue weighted by atomic mass is 10.1. The molecule has 0 aliphatic heterocycles. The van der Waals surface area contributed by atoms with Gasteiger partial charge in [-0.3, -0.25) is 4.79 Å². The average Bonchev–Trinajstić information content (AvgIpc) is 2.71. The number of hydrogen-bond acceptors (Lipinski definition) is 3. The van der Waals surface area contributed by atoms with Gasteiger partial charge >= 0.3 is 0 Å². The largest absolute Gasteiger partial charge is 0.490 e. The quantitative estimate of drug-likeness (QED) is 0.417. The number of rotatable bonds is 7. The van der Waals surface area contributed by atoms with E-state index in [0.29, 0.717) is 41.0 Å². The molecular weight excluding hydrogens is 454 g/mol. The molecule has 29 heavy (non-hydrogen) atoms. The Hall–Kier alpha value is -2.50. The minimum absolute atomic E-state index is 0.255. The molecule has 150 valence electrons. The van der Waals surface area contributed by atoms with Gasteiger partial charge in [0.05, 0.1) is 11.6 Å². The zero-order chi connectivity index (χ0) is 20.8. The minimum atomic E-state index is -0.255. The molecule has 3 rings (SSSR count). The predicted octanol–water partition coefficient (Wildman–Crippen LogP) is 6.64.